The van der Waals surface area contributed by atoms with Gasteiger partial charge in [-0.3, -0.25) is 9.59 Å². The summed E-state index contributed by atoms with van der Waals surface area (Å²) in [5.41, 5.74) is 2.08. The van der Waals surface area contributed by atoms with Gasteiger partial charge in [0.25, 0.3) is 0 Å². The first-order valence-electron chi connectivity index (χ1n) is 7.14. The second kappa shape index (κ2) is 8.29. The maximum Gasteiger partial charge on any atom is 0.305 e. The number of hydrogen-bond donors (Lipinski definition) is 1. The number of carbonyl (C=O) groups excluding carboxylic acids is 1. The molecule has 0 aromatic heterocycles. The lowest BCUT2D eigenvalue weighted by Crippen LogP contribution is -2.33. The summed E-state index contributed by atoms with van der Waals surface area (Å²) in [7, 11) is 0. The van der Waals surface area contributed by atoms with E-state index in [2.05, 4.69) is 0 Å². The number of benzene rings is 1. The molecule has 0 saturated heterocycles. The summed E-state index contributed by atoms with van der Waals surface area (Å²) < 4.78 is 5.69. The fourth-order valence-electron chi connectivity index (χ4n) is 2.12. The van der Waals surface area contributed by atoms with Crippen molar-refractivity contribution < 1.29 is 19.4 Å². The second-order valence-electron chi connectivity index (χ2n) is 4.94. The summed E-state index contributed by atoms with van der Waals surface area (Å²) in [6, 6.07) is 5.90. The number of carbonyl (C=O) groups is 2. The van der Waals surface area contributed by atoms with E-state index in [-0.39, 0.29) is 25.3 Å². The van der Waals surface area contributed by atoms with Crippen molar-refractivity contribution in [1.82, 2.24) is 4.90 Å². The van der Waals surface area contributed by atoms with Gasteiger partial charge in [-0.2, -0.15) is 0 Å². The van der Waals surface area contributed by atoms with Crippen LogP contribution in [0, 0.1) is 13.8 Å². The fraction of sp³-hybridized carbons (Fsp3) is 0.500. The van der Waals surface area contributed by atoms with Crippen LogP contribution in [-0.2, 0) is 9.59 Å². The third kappa shape index (κ3) is 5.45. The van der Waals surface area contributed by atoms with Crippen molar-refractivity contribution in [2.45, 2.75) is 33.6 Å². The molecule has 0 aliphatic heterocycles. The molecule has 5 nitrogen and oxygen atoms in total. The smallest absolute Gasteiger partial charge is 0.305 e. The molecule has 0 saturated carbocycles. The molecule has 0 bridgehead atoms. The number of aliphatic carboxylic acids is 1. The average Bonchev–Trinajstić information content (AvgIpc) is 2.42. The summed E-state index contributed by atoms with van der Waals surface area (Å²) >= 11 is 0. The van der Waals surface area contributed by atoms with Gasteiger partial charge in [-0.1, -0.05) is 18.2 Å². The van der Waals surface area contributed by atoms with Gasteiger partial charge in [-0.05, 0) is 31.9 Å². The first-order valence-corrected chi connectivity index (χ1v) is 7.14. The van der Waals surface area contributed by atoms with E-state index < -0.39 is 5.97 Å². The number of ether oxygens (including phenoxy) is 1. The topological polar surface area (TPSA) is 66.8 Å². The number of carboxylic acid groups (broad SMARTS) is 1. The van der Waals surface area contributed by atoms with E-state index in [9.17, 15) is 9.59 Å². The molecular weight excluding hydrogens is 270 g/mol. The van der Waals surface area contributed by atoms with Crippen molar-refractivity contribution in [2.24, 2.45) is 0 Å². The van der Waals surface area contributed by atoms with Gasteiger partial charge in [0.05, 0.1) is 19.4 Å². The van der Waals surface area contributed by atoms with E-state index in [1.807, 2.05) is 39.0 Å². The lowest BCUT2D eigenvalue weighted by atomic mass is 10.1. The number of rotatable bonds is 8. The van der Waals surface area contributed by atoms with E-state index in [1.54, 1.807) is 4.90 Å². The largest absolute Gasteiger partial charge is 0.493 e. The minimum atomic E-state index is -0.895. The molecule has 5 heteroatoms. The number of amides is 1. The summed E-state index contributed by atoms with van der Waals surface area (Å²) in [5, 5.41) is 8.66. The molecule has 1 amide bonds. The zero-order chi connectivity index (χ0) is 15.8. The Hall–Kier alpha value is -2.04. The van der Waals surface area contributed by atoms with Crippen LogP contribution in [0.5, 0.6) is 5.75 Å². The molecule has 0 radical (unpaired) electrons. The zero-order valence-corrected chi connectivity index (χ0v) is 12.9. The zero-order valence-electron chi connectivity index (χ0n) is 12.9. The SMILES string of the molecule is CCN(CCC(=O)O)C(=O)CCOc1c(C)cccc1C. The third-order valence-corrected chi connectivity index (χ3v) is 3.30. The van der Waals surface area contributed by atoms with Crippen LogP contribution in [0.2, 0.25) is 0 Å². The van der Waals surface area contributed by atoms with E-state index in [0.29, 0.717) is 13.2 Å². The van der Waals surface area contributed by atoms with Crippen LogP contribution in [0.15, 0.2) is 18.2 Å². The summed E-state index contributed by atoms with van der Waals surface area (Å²) in [6.45, 7) is 6.83. The molecule has 0 aliphatic carbocycles. The molecule has 0 heterocycles. The summed E-state index contributed by atoms with van der Waals surface area (Å²) in [4.78, 5) is 24.1. The first-order chi connectivity index (χ1) is 9.95. The van der Waals surface area contributed by atoms with Crippen molar-refractivity contribution in [2.75, 3.05) is 19.7 Å². The highest BCUT2D eigenvalue weighted by Crippen LogP contribution is 2.22. The molecule has 0 unspecified atom stereocenters. The van der Waals surface area contributed by atoms with E-state index >= 15 is 0 Å². The maximum atomic E-state index is 12.0. The Labute approximate surface area is 125 Å². The van der Waals surface area contributed by atoms with Crippen LogP contribution in [0.4, 0.5) is 0 Å². The number of carboxylic acids is 1. The van der Waals surface area contributed by atoms with Gasteiger partial charge < -0.3 is 14.7 Å². The Kier molecular flexibility index (Phi) is 6.72. The molecule has 21 heavy (non-hydrogen) atoms. The van der Waals surface area contributed by atoms with Gasteiger partial charge >= 0.3 is 5.97 Å². The Bertz CT molecular complexity index is 479. The predicted molar refractivity (Wildman–Crippen MR) is 80.5 cm³/mol. The third-order valence-electron chi connectivity index (χ3n) is 3.30. The van der Waals surface area contributed by atoms with Crippen LogP contribution in [0.25, 0.3) is 0 Å². The van der Waals surface area contributed by atoms with Gasteiger partial charge in [0.1, 0.15) is 5.75 Å². The predicted octanol–water partition coefficient (Wildman–Crippen LogP) is 2.40. The van der Waals surface area contributed by atoms with Crippen molar-refractivity contribution in [3.05, 3.63) is 29.3 Å². The fourth-order valence-corrected chi connectivity index (χ4v) is 2.12. The van der Waals surface area contributed by atoms with Gasteiger partial charge in [-0.15, -0.1) is 0 Å². The van der Waals surface area contributed by atoms with Crippen LogP contribution >= 0.6 is 0 Å². The summed E-state index contributed by atoms with van der Waals surface area (Å²) in [5.74, 6) is -0.156. The van der Waals surface area contributed by atoms with E-state index in [0.717, 1.165) is 16.9 Å². The molecule has 1 rings (SSSR count). The number of hydrogen-bond acceptors (Lipinski definition) is 3. The van der Waals surface area contributed by atoms with Crippen LogP contribution in [0.1, 0.15) is 30.9 Å². The molecule has 0 atom stereocenters. The molecule has 0 aliphatic rings. The van der Waals surface area contributed by atoms with E-state index in [4.69, 9.17) is 9.84 Å². The van der Waals surface area contributed by atoms with Crippen molar-refractivity contribution in [3.8, 4) is 5.75 Å². The number of nitrogens with zero attached hydrogens (tertiary/aromatic N) is 1. The average molecular weight is 293 g/mol. The molecular formula is C16H23NO4. The van der Waals surface area contributed by atoms with Crippen molar-refractivity contribution in [1.29, 1.82) is 0 Å². The second-order valence-corrected chi connectivity index (χ2v) is 4.94. The molecule has 116 valence electrons. The summed E-state index contributed by atoms with van der Waals surface area (Å²) in [6.07, 6.45) is 0.221. The number of aryl methyl sites for hydroxylation is 2. The van der Waals surface area contributed by atoms with Crippen LogP contribution in [0.3, 0.4) is 0 Å². The Morgan fingerprint density at radius 2 is 1.81 bits per heavy atom. The van der Waals surface area contributed by atoms with Crippen molar-refractivity contribution >= 4 is 11.9 Å². The first kappa shape index (κ1) is 17.0. The lowest BCUT2D eigenvalue weighted by molar-refractivity contribution is -0.138. The van der Waals surface area contributed by atoms with Crippen LogP contribution < -0.4 is 4.74 Å². The molecule has 1 aromatic rings. The normalized spacial score (nSPS) is 10.2. The monoisotopic (exact) mass is 293 g/mol. The Morgan fingerprint density at radius 1 is 1.19 bits per heavy atom. The lowest BCUT2D eigenvalue weighted by Gasteiger charge is -2.20. The molecule has 0 fully saturated rings. The molecule has 1 N–H and O–H groups in total. The van der Waals surface area contributed by atoms with E-state index in [1.165, 1.54) is 0 Å². The number of para-hydroxylation sites is 1. The molecule has 0 spiro atoms. The van der Waals surface area contributed by atoms with Crippen LogP contribution in [-0.4, -0.2) is 41.6 Å². The van der Waals surface area contributed by atoms with Gasteiger partial charge in [0.2, 0.25) is 5.91 Å². The Balaban J connectivity index is 2.47. The van der Waals surface area contributed by atoms with Gasteiger partial charge in [0, 0.05) is 13.1 Å². The Morgan fingerprint density at radius 3 is 2.33 bits per heavy atom. The minimum absolute atomic E-state index is 0.0304. The van der Waals surface area contributed by atoms with Gasteiger partial charge in [-0.25, -0.2) is 0 Å². The minimum Gasteiger partial charge on any atom is -0.493 e. The standard InChI is InChI=1S/C16H23NO4/c1-4-17(10-8-15(19)20)14(18)9-11-21-16-12(2)6-5-7-13(16)3/h5-7H,4,8-11H2,1-3H3,(H,19,20). The highest BCUT2D eigenvalue weighted by atomic mass is 16.5. The quantitative estimate of drug-likeness (QED) is 0.799. The highest BCUT2D eigenvalue weighted by Gasteiger charge is 2.13. The highest BCUT2D eigenvalue weighted by molar-refractivity contribution is 5.77. The van der Waals surface area contributed by atoms with Gasteiger partial charge in [0.15, 0.2) is 0 Å². The van der Waals surface area contributed by atoms with Crippen molar-refractivity contribution in [3.63, 3.8) is 0 Å². The maximum absolute atomic E-state index is 12.0. The molecule has 1 aromatic carbocycles.